The van der Waals surface area contributed by atoms with E-state index in [9.17, 15) is 0 Å². The SMILES string of the molecule is CCOc1c(N)nsc1NC(C)Cn1ccnc1. The van der Waals surface area contributed by atoms with Crippen molar-refractivity contribution in [3.8, 4) is 5.75 Å². The molecule has 0 saturated heterocycles. The number of imidazole rings is 1. The Hall–Kier alpha value is -1.76. The maximum absolute atomic E-state index is 5.76. The van der Waals surface area contributed by atoms with Crippen LogP contribution in [0, 0.1) is 0 Å². The third-order valence-corrected chi connectivity index (χ3v) is 3.16. The molecule has 0 amide bonds. The van der Waals surface area contributed by atoms with Gasteiger partial charge in [-0.2, -0.15) is 4.37 Å². The maximum atomic E-state index is 5.76. The number of nitrogens with zero attached hydrogens (tertiary/aromatic N) is 3. The zero-order valence-corrected chi connectivity index (χ0v) is 11.3. The van der Waals surface area contributed by atoms with E-state index < -0.39 is 0 Å². The van der Waals surface area contributed by atoms with Gasteiger partial charge in [0.05, 0.1) is 12.9 Å². The summed E-state index contributed by atoms with van der Waals surface area (Å²) in [5, 5.41) is 4.23. The lowest BCUT2D eigenvalue weighted by Crippen LogP contribution is -2.21. The molecule has 0 aliphatic carbocycles. The highest BCUT2D eigenvalue weighted by atomic mass is 32.1. The highest BCUT2D eigenvalue weighted by Gasteiger charge is 2.14. The number of aromatic nitrogens is 3. The third-order valence-electron chi connectivity index (χ3n) is 2.38. The Morgan fingerprint density at radius 2 is 2.44 bits per heavy atom. The van der Waals surface area contributed by atoms with Crippen molar-refractivity contribution >= 4 is 22.4 Å². The molecular formula is C11H17N5OS. The molecule has 0 aliphatic heterocycles. The van der Waals surface area contributed by atoms with E-state index in [-0.39, 0.29) is 6.04 Å². The lowest BCUT2D eigenvalue weighted by Gasteiger charge is -2.15. The number of rotatable bonds is 6. The fourth-order valence-corrected chi connectivity index (χ4v) is 2.42. The molecule has 0 aliphatic rings. The van der Waals surface area contributed by atoms with Crippen LogP contribution in [0.2, 0.25) is 0 Å². The summed E-state index contributed by atoms with van der Waals surface area (Å²) in [5.41, 5.74) is 5.76. The van der Waals surface area contributed by atoms with Gasteiger partial charge in [0.2, 0.25) is 0 Å². The van der Waals surface area contributed by atoms with Gasteiger partial charge in [0.1, 0.15) is 0 Å². The summed E-state index contributed by atoms with van der Waals surface area (Å²) >= 11 is 1.32. The molecule has 7 heteroatoms. The van der Waals surface area contributed by atoms with E-state index in [0.29, 0.717) is 18.2 Å². The highest BCUT2D eigenvalue weighted by molar-refractivity contribution is 7.11. The molecule has 2 rings (SSSR count). The van der Waals surface area contributed by atoms with Gasteiger partial charge in [-0.1, -0.05) is 0 Å². The molecule has 2 aromatic rings. The zero-order chi connectivity index (χ0) is 13.0. The first kappa shape index (κ1) is 12.7. The van der Waals surface area contributed by atoms with Gasteiger partial charge < -0.3 is 20.4 Å². The van der Waals surface area contributed by atoms with Crippen molar-refractivity contribution in [2.45, 2.75) is 26.4 Å². The number of hydrogen-bond donors (Lipinski definition) is 2. The fourth-order valence-electron chi connectivity index (χ4n) is 1.65. The van der Waals surface area contributed by atoms with Crippen LogP contribution in [-0.4, -0.2) is 26.6 Å². The zero-order valence-electron chi connectivity index (χ0n) is 10.5. The van der Waals surface area contributed by atoms with Crippen molar-refractivity contribution in [2.75, 3.05) is 17.7 Å². The molecule has 1 atom stereocenters. The maximum Gasteiger partial charge on any atom is 0.197 e. The molecule has 0 bridgehead atoms. The van der Waals surface area contributed by atoms with Crippen LogP contribution in [0.4, 0.5) is 10.8 Å². The van der Waals surface area contributed by atoms with Crippen molar-refractivity contribution in [2.24, 2.45) is 0 Å². The first-order chi connectivity index (χ1) is 8.70. The molecule has 6 nitrogen and oxygen atoms in total. The summed E-state index contributed by atoms with van der Waals surface area (Å²) in [6.45, 7) is 5.41. The van der Waals surface area contributed by atoms with E-state index in [0.717, 1.165) is 11.5 Å². The van der Waals surface area contributed by atoms with E-state index in [1.165, 1.54) is 11.5 Å². The van der Waals surface area contributed by atoms with Crippen LogP contribution in [0.5, 0.6) is 5.75 Å². The molecule has 3 N–H and O–H groups in total. The smallest absolute Gasteiger partial charge is 0.197 e. The molecule has 0 saturated carbocycles. The largest absolute Gasteiger partial charge is 0.487 e. The van der Waals surface area contributed by atoms with Crippen LogP contribution >= 0.6 is 11.5 Å². The fraction of sp³-hybridized carbons (Fsp3) is 0.455. The molecular weight excluding hydrogens is 250 g/mol. The minimum Gasteiger partial charge on any atom is -0.487 e. The van der Waals surface area contributed by atoms with Gasteiger partial charge in [0.15, 0.2) is 16.6 Å². The lowest BCUT2D eigenvalue weighted by atomic mass is 10.3. The number of nitrogen functional groups attached to an aromatic ring is 1. The quantitative estimate of drug-likeness (QED) is 0.834. The Morgan fingerprint density at radius 3 is 3.11 bits per heavy atom. The van der Waals surface area contributed by atoms with Gasteiger partial charge in [-0.15, -0.1) is 0 Å². The average molecular weight is 267 g/mol. The standard InChI is InChI=1S/C11H17N5OS/c1-3-17-9-10(12)15-18-11(9)14-8(2)6-16-5-4-13-7-16/h4-5,7-8,14H,3,6H2,1-2H3,(H2,12,15). The van der Waals surface area contributed by atoms with Gasteiger partial charge in [-0.3, -0.25) is 0 Å². The van der Waals surface area contributed by atoms with E-state index in [1.807, 2.05) is 17.7 Å². The van der Waals surface area contributed by atoms with E-state index in [2.05, 4.69) is 21.6 Å². The van der Waals surface area contributed by atoms with Crippen molar-refractivity contribution in [3.63, 3.8) is 0 Å². The normalized spacial score (nSPS) is 12.3. The highest BCUT2D eigenvalue weighted by Crippen LogP contribution is 2.35. The lowest BCUT2D eigenvalue weighted by molar-refractivity contribution is 0.344. The molecule has 18 heavy (non-hydrogen) atoms. The molecule has 98 valence electrons. The summed E-state index contributed by atoms with van der Waals surface area (Å²) in [4.78, 5) is 4.01. The van der Waals surface area contributed by atoms with Gasteiger partial charge >= 0.3 is 0 Å². The third kappa shape index (κ3) is 2.92. The van der Waals surface area contributed by atoms with Crippen LogP contribution in [0.3, 0.4) is 0 Å². The second-order valence-electron chi connectivity index (χ2n) is 3.96. The molecule has 0 spiro atoms. The number of nitrogens with one attached hydrogen (secondary N) is 1. The predicted octanol–water partition coefficient (Wildman–Crippen LogP) is 1.82. The van der Waals surface area contributed by atoms with Gasteiger partial charge in [0.25, 0.3) is 0 Å². The summed E-state index contributed by atoms with van der Waals surface area (Å²) in [6, 6.07) is 0.234. The average Bonchev–Trinajstić information content (AvgIpc) is 2.94. The minimum absolute atomic E-state index is 0.234. The Bertz CT molecular complexity index is 482. The second-order valence-corrected chi connectivity index (χ2v) is 4.74. The monoisotopic (exact) mass is 267 g/mol. The Kier molecular flexibility index (Phi) is 4.03. The van der Waals surface area contributed by atoms with Gasteiger partial charge in [-0.25, -0.2) is 4.98 Å². The Morgan fingerprint density at radius 1 is 1.61 bits per heavy atom. The van der Waals surface area contributed by atoms with Crippen LogP contribution in [0.1, 0.15) is 13.8 Å². The van der Waals surface area contributed by atoms with Crippen molar-refractivity contribution < 1.29 is 4.74 Å². The molecule has 0 fully saturated rings. The predicted molar refractivity (Wildman–Crippen MR) is 73.0 cm³/mol. The molecule has 2 aromatic heterocycles. The van der Waals surface area contributed by atoms with Crippen molar-refractivity contribution in [3.05, 3.63) is 18.7 Å². The summed E-state index contributed by atoms with van der Waals surface area (Å²) < 4.78 is 11.6. The topological polar surface area (TPSA) is 78.0 Å². The summed E-state index contributed by atoms with van der Waals surface area (Å²) in [5.74, 6) is 1.10. The van der Waals surface area contributed by atoms with Crippen LogP contribution in [-0.2, 0) is 6.54 Å². The molecule has 0 radical (unpaired) electrons. The van der Waals surface area contributed by atoms with E-state index in [4.69, 9.17) is 10.5 Å². The summed E-state index contributed by atoms with van der Waals surface area (Å²) in [6.07, 6.45) is 5.49. The Labute approximate surface area is 110 Å². The first-order valence-electron chi connectivity index (χ1n) is 5.81. The van der Waals surface area contributed by atoms with Crippen LogP contribution < -0.4 is 15.8 Å². The van der Waals surface area contributed by atoms with Crippen molar-refractivity contribution in [1.29, 1.82) is 0 Å². The molecule has 0 aromatic carbocycles. The summed E-state index contributed by atoms with van der Waals surface area (Å²) in [7, 11) is 0. The Balaban J connectivity index is 2.00. The second kappa shape index (κ2) is 5.72. The van der Waals surface area contributed by atoms with Crippen molar-refractivity contribution in [1.82, 2.24) is 13.9 Å². The first-order valence-corrected chi connectivity index (χ1v) is 6.58. The molecule has 2 heterocycles. The number of ether oxygens (including phenoxy) is 1. The number of anilines is 2. The van der Waals surface area contributed by atoms with E-state index in [1.54, 1.807) is 12.5 Å². The van der Waals surface area contributed by atoms with Crippen LogP contribution in [0.25, 0.3) is 0 Å². The minimum atomic E-state index is 0.234. The molecule has 1 unspecified atom stereocenters. The van der Waals surface area contributed by atoms with E-state index >= 15 is 0 Å². The van der Waals surface area contributed by atoms with Gasteiger partial charge in [0, 0.05) is 25.0 Å². The van der Waals surface area contributed by atoms with Crippen LogP contribution in [0.15, 0.2) is 18.7 Å². The number of hydrogen-bond acceptors (Lipinski definition) is 6. The van der Waals surface area contributed by atoms with Gasteiger partial charge in [-0.05, 0) is 25.4 Å². The number of nitrogens with two attached hydrogens (primary N) is 1.